The van der Waals surface area contributed by atoms with Gasteiger partial charge >= 0.3 is 0 Å². The number of thiazole rings is 1. The van der Waals surface area contributed by atoms with Crippen LogP contribution in [0.3, 0.4) is 0 Å². The highest BCUT2D eigenvalue weighted by Gasteiger charge is 2.18. The Labute approximate surface area is 125 Å². The predicted octanol–water partition coefficient (Wildman–Crippen LogP) is 4.21. The topological polar surface area (TPSA) is 42.0 Å². The zero-order valence-corrected chi connectivity index (χ0v) is 12.0. The molecule has 0 radical (unpaired) electrons. The molecule has 3 rings (SSSR count). The summed E-state index contributed by atoms with van der Waals surface area (Å²) in [5.74, 6) is -0.267. The monoisotopic (exact) mass is 302 g/mol. The molecule has 0 spiro atoms. The summed E-state index contributed by atoms with van der Waals surface area (Å²) in [4.78, 5) is 16.5. The molecule has 1 heterocycles. The first-order valence-electron chi connectivity index (χ1n) is 6.09. The number of carbonyl (C=O) groups is 1. The molecular formula is C15H11ClN2OS. The maximum absolute atomic E-state index is 12.1. The number of halogens is 1. The van der Waals surface area contributed by atoms with E-state index in [2.05, 4.69) is 10.3 Å². The summed E-state index contributed by atoms with van der Waals surface area (Å²) in [5.41, 5.74) is 1.64. The van der Waals surface area contributed by atoms with E-state index in [-0.39, 0.29) is 5.91 Å². The van der Waals surface area contributed by atoms with Crippen molar-refractivity contribution >= 4 is 44.2 Å². The molecule has 0 aliphatic carbocycles. The van der Waals surface area contributed by atoms with Gasteiger partial charge in [-0.2, -0.15) is 0 Å². The van der Waals surface area contributed by atoms with Crippen molar-refractivity contribution < 1.29 is 4.79 Å². The Morgan fingerprint density at radius 2 is 1.80 bits per heavy atom. The Kier molecular flexibility index (Phi) is 3.67. The van der Waals surface area contributed by atoms with Crippen LogP contribution in [0.25, 0.3) is 10.2 Å². The number of hydrogen-bond donors (Lipinski definition) is 1. The molecule has 100 valence electrons. The van der Waals surface area contributed by atoms with Crippen LogP contribution in [0.4, 0.5) is 5.13 Å². The lowest BCUT2D eigenvalue weighted by molar-refractivity contribution is -0.116. The number of carbonyl (C=O) groups excluding carboxylic acids is 1. The Hall–Kier alpha value is -1.91. The zero-order valence-electron chi connectivity index (χ0n) is 10.4. The molecule has 20 heavy (non-hydrogen) atoms. The highest BCUT2D eigenvalue weighted by molar-refractivity contribution is 7.22. The molecule has 1 unspecified atom stereocenters. The lowest BCUT2D eigenvalue weighted by Crippen LogP contribution is -2.17. The summed E-state index contributed by atoms with van der Waals surface area (Å²) in [7, 11) is 0. The van der Waals surface area contributed by atoms with Crippen LogP contribution in [-0.2, 0) is 4.79 Å². The van der Waals surface area contributed by atoms with Crippen LogP contribution < -0.4 is 5.32 Å². The number of benzene rings is 2. The number of fused-ring (bicyclic) bond motifs is 1. The van der Waals surface area contributed by atoms with Crippen molar-refractivity contribution in [2.75, 3.05) is 5.32 Å². The first-order valence-corrected chi connectivity index (χ1v) is 7.35. The van der Waals surface area contributed by atoms with E-state index in [1.807, 2.05) is 54.6 Å². The molecule has 2 aromatic carbocycles. The van der Waals surface area contributed by atoms with Gasteiger partial charge in [0.25, 0.3) is 0 Å². The molecule has 3 aromatic rings. The zero-order chi connectivity index (χ0) is 13.9. The summed E-state index contributed by atoms with van der Waals surface area (Å²) in [5, 5.41) is 2.61. The van der Waals surface area contributed by atoms with Gasteiger partial charge in [-0.05, 0) is 17.7 Å². The largest absolute Gasteiger partial charge is 0.300 e. The molecule has 0 aliphatic heterocycles. The molecule has 0 saturated heterocycles. The van der Waals surface area contributed by atoms with Gasteiger partial charge in [0.05, 0.1) is 10.2 Å². The van der Waals surface area contributed by atoms with E-state index in [9.17, 15) is 4.79 Å². The normalized spacial score (nSPS) is 12.2. The third-order valence-electron chi connectivity index (χ3n) is 2.85. The fourth-order valence-corrected chi connectivity index (χ4v) is 2.94. The van der Waals surface area contributed by atoms with E-state index < -0.39 is 5.38 Å². The lowest BCUT2D eigenvalue weighted by Gasteiger charge is -2.08. The molecule has 1 aromatic heterocycles. The maximum atomic E-state index is 12.1. The summed E-state index contributed by atoms with van der Waals surface area (Å²) in [6, 6.07) is 17.0. The number of hydrogen-bond acceptors (Lipinski definition) is 3. The number of aromatic nitrogens is 1. The van der Waals surface area contributed by atoms with Gasteiger partial charge in [0.15, 0.2) is 5.13 Å². The van der Waals surface area contributed by atoms with Gasteiger partial charge in [-0.3, -0.25) is 4.79 Å². The van der Waals surface area contributed by atoms with Crippen molar-refractivity contribution in [2.45, 2.75) is 5.38 Å². The van der Waals surface area contributed by atoms with Crippen LogP contribution in [0.15, 0.2) is 54.6 Å². The number of para-hydroxylation sites is 1. The Morgan fingerprint density at radius 3 is 2.55 bits per heavy atom. The van der Waals surface area contributed by atoms with Gasteiger partial charge < -0.3 is 5.32 Å². The molecule has 1 atom stereocenters. The standard InChI is InChI=1S/C15H11ClN2OS/c16-13(10-6-2-1-3-7-10)14(19)18-15-17-11-8-4-5-9-12(11)20-15/h1-9,13H,(H,17,18,19). The van der Waals surface area contributed by atoms with E-state index >= 15 is 0 Å². The van der Waals surface area contributed by atoms with Crippen molar-refractivity contribution in [3.05, 3.63) is 60.2 Å². The highest BCUT2D eigenvalue weighted by atomic mass is 35.5. The van der Waals surface area contributed by atoms with E-state index in [1.165, 1.54) is 11.3 Å². The average Bonchev–Trinajstić information content (AvgIpc) is 2.89. The quantitative estimate of drug-likeness (QED) is 0.736. The minimum atomic E-state index is -0.719. The van der Waals surface area contributed by atoms with E-state index in [4.69, 9.17) is 11.6 Å². The number of nitrogens with zero attached hydrogens (tertiary/aromatic N) is 1. The van der Waals surface area contributed by atoms with Gasteiger partial charge in [-0.1, -0.05) is 53.8 Å². The number of alkyl halides is 1. The number of anilines is 1. The van der Waals surface area contributed by atoms with Crippen molar-refractivity contribution in [1.82, 2.24) is 4.98 Å². The van der Waals surface area contributed by atoms with E-state index in [0.717, 1.165) is 15.8 Å². The first-order chi connectivity index (χ1) is 9.74. The van der Waals surface area contributed by atoms with Gasteiger partial charge in [0, 0.05) is 0 Å². The number of amides is 1. The fraction of sp³-hybridized carbons (Fsp3) is 0.0667. The molecule has 0 aliphatic rings. The Bertz CT molecular complexity index is 709. The second-order valence-electron chi connectivity index (χ2n) is 4.25. The van der Waals surface area contributed by atoms with Gasteiger partial charge in [-0.15, -0.1) is 11.6 Å². The number of rotatable bonds is 3. The summed E-state index contributed by atoms with van der Waals surface area (Å²) in [6.45, 7) is 0. The molecule has 5 heteroatoms. The van der Waals surface area contributed by atoms with Crippen LogP contribution in [-0.4, -0.2) is 10.9 Å². The van der Waals surface area contributed by atoms with Crippen LogP contribution in [0.5, 0.6) is 0 Å². The average molecular weight is 303 g/mol. The smallest absolute Gasteiger partial charge is 0.248 e. The Balaban J connectivity index is 1.78. The minimum absolute atomic E-state index is 0.267. The fourth-order valence-electron chi connectivity index (χ4n) is 1.87. The molecule has 1 N–H and O–H groups in total. The van der Waals surface area contributed by atoms with Crippen LogP contribution >= 0.6 is 22.9 Å². The molecule has 3 nitrogen and oxygen atoms in total. The summed E-state index contributed by atoms with van der Waals surface area (Å²) < 4.78 is 1.04. The van der Waals surface area contributed by atoms with Crippen LogP contribution in [0.2, 0.25) is 0 Å². The summed E-state index contributed by atoms with van der Waals surface area (Å²) in [6.07, 6.45) is 0. The second kappa shape index (κ2) is 5.61. The third kappa shape index (κ3) is 2.66. The van der Waals surface area contributed by atoms with Gasteiger partial charge in [-0.25, -0.2) is 4.98 Å². The highest BCUT2D eigenvalue weighted by Crippen LogP contribution is 2.27. The van der Waals surface area contributed by atoms with Gasteiger partial charge in [0.1, 0.15) is 5.38 Å². The molecule has 0 fully saturated rings. The van der Waals surface area contributed by atoms with Crippen LogP contribution in [0, 0.1) is 0 Å². The molecule has 0 saturated carbocycles. The number of nitrogens with one attached hydrogen (secondary N) is 1. The van der Waals surface area contributed by atoms with E-state index in [0.29, 0.717) is 5.13 Å². The van der Waals surface area contributed by atoms with Crippen molar-refractivity contribution in [3.8, 4) is 0 Å². The van der Waals surface area contributed by atoms with E-state index in [1.54, 1.807) is 0 Å². The van der Waals surface area contributed by atoms with Crippen molar-refractivity contribution in [1.29, 1.82) is 0 Å². The molecule has 0 bridgehead atoms. The maximum Gasteiger partial charge on any atom is 0.248 e. The van der Waals surface area contributed by atoms with Crippen molar-refractivity contribution in [3.63, 3.8) is 0 Å². The first kappa shape index (κ1) is 13.1. The SMILES string of the molecule is O=C(Nc1nc2ccccc2s1)C(Cl)c1ccccc1. The molecule has 1 amide bonds. The van der Waals surface area contributed by atoms with Crippen LogP contribution in [0.1, 0.15) is 10.9 Å². The van der Waals surface area contributed by atoms with Crippen molar-refractivity contribution in [2.24, 2.45) is 0 Å². The second-order valence-corrected chi connectivity index (χ2v) is 5.72. The lowest BCUT2D eigenvalue weighted by atomic mass is 10.1. The molecular weight excluding hydrogens is 292 g/mol. The third-order valence-corrected chi connectivity index (χ3v) is 4.25. The minimum Gasteiger partial charge on any atom is -0.300 e. The predicted molar refractivity (Wildman–Crippen MR) is 83.3 cm³/mol. The van der Waals surface area contributed by atoms with Gasteiger partial charge in [0.2, 0.25) is 5.91 Å². The Morgan fingerprint density at radius 1 is 1.10 bits per heavy atom. The summed E-state index contributed by atoms with van der Waals surface area (Å²) >= 11 is 7.61.